The molecule has 0 aliphatic carbocycles. The first-order valence-electron chi connectivity index (χ1n) is 8.55. The van der Waals surface area contributed by atoms with Gasteiger partial charge in [-0.2, -0.15) is 0 Å². The van der Waals surface area contributed by atoms with Crippen molar-refractivity contribution in [3.63, 3.8) is 0 Å². The van der Waals surface area contributed by atoms with Crippen molar-refractivity contribution < 1.29 is 14.0 Å². The fourth-order valence-electron chi connectivity index (χ4n) is 2.89. The number of aromatic nitrogens is 2. The predicted molar refractivity (Wildman–Crippen MR) is 98.4 cm³/mol. The number of primary amides is 1. The molecule has 2 N–H and O–H groups in total. The zero-order valence-corrected chi connectivity index (χ0v) is 15.7. The van der Waals surface area contributed by atoms with Crippen LogP contribution in [0.15, 0.2) is 27.8 Å². The van der Waals surface area contributed by atoms with Crippen LogP contribution in [0.4, 0.5) is 0 Å². The lowest BCUT2D eigenvalue weighted by molar-refractivity contribution is -0.132. The van der Waals surface area contributed by atoms with E-state index in [1.54, 1.807) is 4.90 Å². The van der Waals surface area contributed by atoms with Crippen molar-refractivity contribution in [2.45, 2.75) is 31.9 Å². The van der Waals surface area contributed by atoms with Crippen LogP contribution in [0.3, 0.4) is 0 Å². The minimum absolute atomic E-state index is 0.00357. The van der Waals surface area contributed by atoms with Crippen LogP contribution in [0.25, 0.3) is 11.5 Å². The fraction of sp³-hybridized carbons (Fsp3) is 0.444. The third-order valence-electron chi connectivity index (χ3n) is 4.73. The molecule has 1 saturated heterocycles. The van der Waals surface area contributed by atoms with E-state index >= 15 is 0 Å². The Morgan fingerprint density at radius 2 is 1.96 bits per heavy atom. The number of carbonyl (C=O) groups is 2. The average molecular weight is 374 g/mol. The summed E-state index contributed by atoms with van der Waals surface area (Å²) in [7, 11) is 0. The van der Waals surface area contributed by atoms with E-state index in [-0.39, 0.29) is 23.5 Å². The van der Waals surface area contributed by atoms with Gasteiger partial charge in [0.25, 0.3) is 5.22 Å². The molecule has 2 heterocycles. The van der Waals surface area contributed by atoms with Gasteiger partial charge in [0.05, 0.1) is 5.75 Å². The number of amides is 2. The lowest BCUT2D eigenvalue weighted by Gasteiger charge is -2.30. The van der Waals surface area contributed by atoms with Crippen molar-refractivity contribution in [3.05, 3.63) is 29.3 Å². The van der Waals surface area contributed by atoms with E-state index < -0.39 is 0 Å². The second kappa shape index (κ2) is 7.90. The van der Waals surface area contributed by atoms with Gasteiger partial charge in [0.1, 0.15) is 0 Å². The molecule has 7 nitrogen and oxygen atoms in total. The first-order chi connectivity index (χ1) is 12.4. The van der Waals surface area contributed by atoms with Crippen LogP contribution in [0.5, 0.6) is 0 Å². The number of likely N-dealkylation sites (tertiary alicyclic amines) is 1. The number of benzene rings is 1. The Labute approximate surface area is 156 Å². The predicted octanol–water partition coefficient (Wildman–Crippen LogP) is 2.17. The normalized spacial score (nSPS) is 15.2. The van der Waals surface area contributed by atoms with E-state index in [1.165, 1.54) is 17.3 Å². The number of rotatable bonds is 5. The molecule has 0 bridgehead atoms. The zero-order valence-electron chi connectivity index (χ0n) is 14.9. The number of thioether (sulfide) groups is 1. The molecule has 0 spiro atoms. The second-order valence-electron chi connectivity index (χ2n) is 6.52. The maximum Gasteiger partial charge on any atom is 0.277 e. The molecule has 1 aliphatic heterocycles. The van der Waals surface area contributed by atoms with Crippen LogP contribution in [0.2, 0.25) is 0 Å². The minimum Gasteiger partial charge on any atom is -0.411 e. The first kappa shape index (κ1) is 18.4. The Bertz CT molecular complexity index is 813. The molecular weight excluding hydrogens is 352 g/mol. The Kier molecular flexibility index (Phi) is 5.61. The van der Waals surface area contributed by atoms with E-state index in [4.69, 9.17) is 10.2 Å². The van der Waals surface area contributed by atoms with Crippen molar-refractivity contribution in [2.24, 2.45) is 11.7 Å². The highest BCUT2D eigenvalue weighted by molar-refractivity contribution is 7.99. The first-order valence-corrected chi connectivity index (χ1v) is 9.53. The lowest BCUT2D eigenvalue weighted by Crippen LogP contribution is -2.42. The van der Waals surface area contributed by atoms with Gasteiger partial charge in [-0.25, -0.2) is 0 Å². The maximum absolute atomic E-state index is 12.3. The topological polar surface area (TPSA) is 102 Å². The molecule has 138 valence electrons. The van der Waals surface area contributed by atoms with Gasteiger partial charge in [-0.3, -0.25) is 9.59 Å². The molecular formula is C18H22N4O3S. The van der Waals surface area contributed by atoms with Crippen molar-refractivity contribution in [2.75, 3.05) is 18.8 Å². The molecule has 0 atom stereocenters. The van der Waals surface area contributed by atoms with Crippen LogP contribution in [-0.2, 0) is 9.59 Å². The third kappa shape index (κ3) is 4.24. The summed E-state index contributed by atoms with van der Waals surface area (Å²) in [5.74, 6) is 0.282. The van der Waals surface area contributed by atoms with Gasteiger partial charge in [0.15, 0.2) is 0 Å². The molecule has 0 radical (unpaired) electrons. The Balaban J connectivity index is 1.54. The maximum atomic E-state index is 12.3. The van der Waals surface area contributed by atoms with Crippen LogP contribution >= 0.6 is 11.8 Å². The molecule has 0 saturated carbocycles. The smallest absolute Gasteiger partial charge is 0.277 e. The number of aryl methyl sites for hydroxylation is 2. The molecule has 3 rings (SSSR count). The highest BCUT2D eigenvalue weighted by atomic mass is 32.2. The van der Waals surface area contributed by atoms with Crippen molar-refractivity contribution in [3.8, 4) is 11.5 Å². The highest BCUT2D eigenvalue weighted by Gasteiger charge is 2.26. The molecule has 1 aromatic carbocycles. The summed E-state index contributed by atoms with van der Waals surface area (Å²) in [5.41, 5.74) is 8.54. The fourth-order valence-corrected chi connectivity index (χ4v) is 3.55. The molecule has 2 aromatic rings. The number of nitrogens with two attached hydrogens (primary N) is 1. The van der Waals surface area contributed by atoms with Crippen LogP contribution in [0.1, 0.15) is 24.0 Å². The molecule has 0 unspecified atom stereocenters. The average Bonchev–Trinajstić information content (AvgIpc) is 3.11. The SMILES string of the molecule is Cc1ccc(-c2nnc(SCC(=O)N3CCC(C(N)=O)CC3)o2)cc1C. The number of hydrogen-bond donors (Lipinski definition) is 1. The van der Waals surface area contributed by atoms with Crippen LogP contribution in [-0.4, -0.2) is 45.8 Å². The second-order valence-corrected chi connectivity index (χ2v) is 7.44. The lowest BCUT2D eigenvalue weighted by atomic mass is 9.96. The molecule has 8 heteroatoms. The molecule has 2 amide bonds. The van der Waals surface area contributed by atoms with Gasteiger partial charge in [0.2, 0.25) is 17.7 Å². The van der Waals surface area contributed by atoms with E-state index in [9.17, 15) is 9.59 Å². The van der Waals surface area contributed by atoms with E-state index in [1.807, 2.05) is 32.0 Å². The van der Waals surface area contributed by atoms with E-state index in [0.29, 0.717) is 37.0 Å². The van der Waals surface area contributed by atoms with E-state index in [0.717, 1.165) is 11.1 Å². The summed E-state index contributed by atoms with van der Waals surface area (Å²) in [6, 6.07) is 5.96. The van der Waals surface area contributed by atoms with Gasteiger partial charge in [-0.05, 0) is 49.9 Å². The number of piperidine rings is 1. The van der Waals surface area contributed by atoms with Gasteiger partial charge >= 0.3 is 0 Å². The summed E-state index contributed by atoms with van der Waals surface area (Å²) in [6.45, 7) is 5.20. The molecule has 1 aliphatic rings. The van der Waals surface area contributed by atoms with Crippen LogP contribution < -0.4 is 5.73 Å². The summed E-state index contributed by atoms with van der Waals surface area (Å²) >= 11 is 1.23. The Morgan fingerprint density at radius 1 is 1.23 bits per heavy atom. The minimum atomic E-state index is -0.281. The number of nitrogens with zero attached hydrogens (tertiary/aromatic N) is 3. The van der Waals surface area contributed by atoms with Gasteiger partial charge in [-0.15, -0.1) is 10.2 Å². The summed E-state index contributed by atoms with van der Waals surface area (Å²) in [6.07, 6.45) is 1.26. The van der Waals surface area contributed by atoms with Gasteiger partial charge in [-0.1, -0.05) is 17.8 Å². The standard InChI is InChI=1S/C18H22N4O3S/c1-11-3-4-14(9-12(11)2)17-20-21-18(25-17)26-10-15(23)22-7-5-13(6-8-22)16(19)24/h3-4,9,13H,5-8,10H2,1-2H3,(H2,19,24). The summed E-state index contributed by atoms with van der Waals surface area (Å²) in [4.78, 5) is 25.3. The Hall–Kier alpha value is -2.35. The monoisotopic (exact) mass is 374 g/mol. The van der Waals surface area contributed by atoms with Crippen molar-refractivity contribution in [1.82, 2.24) is 15.1 Å². The molecule has 1 fully saturated rings. The van der Waals surface area contributed by atoms with Gasteiger partial charge in [0, 0.05) is 24.6 Å². The highest BCUT2D eigenvalue weighted by Crippen LogP contribution is 2.25. The van der Waals surface area contributed by atoms with Crippen LogP contribution in [0, 0.1) is 19.8 Å². The number of carbonyl (C=O) groups excluding carboxylic acids is 2. The summed E-state index contributed by atoms with van der Waals surface area (Å²) < 4.78 is 5.66. The van der Waals surface area contributed by atoms with Crippen molar-refractivity contribution in [1.29, 1.82) is 0 Å². The Morgan fingerprint density at radius 3 is 2.62 bits per heavy atom. The summed E-state index contributed by atoms with van der Waals surface area (Å²) in [5, 5.41) is 8.45. The molecule has 1 aromatic heterocycles. The zero-order chi connectivity index (χ0) is 18.7. The molecule has 26 heavy (non-hydrogen) atoms. The van der Waals surface area contributed by atoms with Crippen molar-refractivity contribution >= 4 is 23.6 Å². The number of hydrogen-bond acceptors (Lipinski definition) is 6. The van der Waals surface area contributed by atoms with Gasteiger partial charge < -0.3 is 15.1 Å². The van der Waals surface area contributed by atoms with E-state index in [2.05, 4.69) is 10.2 Å². The quantitative estimate of drug-likeness (QED) is 0.805. The largest absolute Gasteiger partial charge is 0.411 e. The third-order valence-corrected chi connectivity index (χ3v) is 5.53.